The predicted molar refractivity (Wildman–Crippen MR) is 136 cm³/mol. The molecule has 4 rings (SSSR count). The van der Waals surface area contributed by atoms with Gasteiger partial charge in [-0.2, -0.15) is 0 Å². The van der Waals surface area contributed by atoms with E-state index in [4.69, 9.17) is 57.1 Å². The minimum atomic E-state index is -1.61. The molecular formula is C23H45N5O14. The maximum atomic E-state index is 11.1. The summed E-state index contributed by atoms with van der Waals surface area (Å²) in [5.41, 5.74) is 30.1. The van der Waals surface area contributed by atoms with E-state index in [0.717, 1.165) is 0 Å². The van der Waals surface area contributed by atoms with Crippen LogP contribution in [-0.4, -0.2) is 177 Å². The molecule has 1 aliphatic carbocycles. The van der Waals surface area contributed by atoms with Gasteiger partial charge in [0.05, 0.1) is 37.4 Å². The minimum absolute atomic E-state index is 0.0330. The molecule has 19 atom stereocenters. The predicted octanol–water partition coefficient (Wildman–Crippen LogP) is -8.86. The highest BCUT2D eigenvalue weighted by atomic mass is 16.8. The summed E-state index contributed by atoms with van der Waals surface area (Å²) in [5.74, 6) is 0. The van der Waals surface area contributed by atoms with Crippen LogP contribution in [0.15, 0.2) is 0 Å². The molecule has 4 fully saturated rings. The Bertz CT molecular complexity index is 866. The van der Waals surface area contributed by atoms with Gasteiger partial charge >= 0.3 is 0 Å². The van der Waals surface area contributed by atoms with Gasteiger partial charge in [0.1, 0.15) is 67.1 Å². The lowest BCUT2D eigenvalue weighted by Crippen LogP contribution is -2.68. The highest BCUT2D eigenvalue weighted by molar-refractivity contribution is 5.02. The summed E-state index contributed by atoms with van der Waals surface area (Å²) in [6, 6.07) is -4.58. The van der Waals surface area contributed by atoms with Crippen LogP contribution in [0.4, 0.5) is 0 Å². The molecule has 0 spiro atoms. The summed E-state index contributed by atoms with van der Waals surface area (Å²) < 4.78 is 34.5. The largest absolute Gasteiger partial charge is 0.394 e. The van der Waals surface area contributed by atoms with Crippen LogP contribution in [0.25, 0.3) is 0 Å². The lowest BCUT2D eigenvalue weighted by Gasteiger charge is -2.47. The average Bonchev–Trinajstić information content (AvgIpc) is 3.27. The first-order valence-electron chi connectivity index (χ1n) is 13.8. The molecule has 0 aromatic heterocycles. The second-order valence-electron chi connectivity index (χ2n) is 11.2. The number of hydrogen-bond donors (Lipinski definition) is 13. The van der Waals surface area contributed by atoms with Crippen molar-refractivity contribution in [2.45, 2.75) is 123 Å². The van der Waals surface area contributed by atoms with Crippen LogP contribution in [0.3, 0.4) is 0 Å². The maximum absolute atomic E-state index is 11.1. The molecule has 3 heterocycles. The molecule has 246 valence electrons. The Balaban J connectivity index is 1.50. The van der Waals surface area contributed by atoms with Crippen LogP contribution in [0, 0.1) is 0 Å². The lowest BCUT2D eigenvalue weighted by atomic mass is 9.84. The monoisotopic (exact) mass is 615 g/mol. The molecule has 19 nitrogen and oxygen atoms in total. The quantitative estimate of drug-likeness (QED) is 0.114. The summed E-state index contributed by atoms with van der Waals surface area (Å²) in [4.78, 5) is 0. The van der Waals surface area contributed by atoms with Gasteiger partial charge in [0.15, 0.2) is 18.9 Å². The zero-order valence-electron chi connectivity index (χ0n) is 22.7. The summed E-state index contributed by atoms with van der Waals surface area (Å²) in [6.45, 7) is -1.47. The normalized spacial score (nSPS) is 53.8. The van der Waals surface area contributed by atoms with E-state index in [9.17, 15) is 40.9 Å². The van der Waals surface area contributed by atoms with Crippen LogP contribution < -0.4 is 28.7 Å². The number of ether oxygens (including phenoxy) is 6. The van der Waals surface area contributed by atoms with Gasteiger partial charge in [-0.3, -0.25) is 0 Å². The van der Waals surface area contributed by atoms with Gasteiger partial charge in [-0.05, 0) is 6.42 Å². The summed E-state index contributed by atoms with van der Waals surface area (Å²) >= 11 is 0. The van der Waals surface area contributed by atoms with E-state index in [1.165, 1.54) is 0 Å². The van der Waals surface area contributed by atoms with Gasteiger partial charge in [-0.15, -0.1) is 0 Å². The first kappa shape index (κ1) is 34.1. The Hall–Kier alpha value is -0.760. The van der Waals surface area contributed by atoms with Gasteiger partial charge in [-0.1, -0.05) is 0 Å². The molecule has 1 saturated carbocycles. The van der Waals surface area contributed by atoms with E-state index >= 15 is 0 Å². The van der Waals surface area contributed by atoms with Crippen molar-refractivity contribution in [2.24, 2.45) is 28.7 Å². The standard InChI is InChI=1S/C23H45N5O14/c24-2-7-13(32)15(34)11(27)21(37-7)41-19-9(4-30)39-23(17(19)36)42-20-10(26)6(31)1-5(25)18(20)40-22-12(28)16(35)14(33)8(3-29)38-22/h5-23,29-36H,1-4,24-28H2/t5-,6-,7-,8+,9+,10+,11+,12+,13+,14+,15+,16+,17+,18+,19?,20+,21+,22+,23-/m0/s1. The van der Waals surface area contributed by atoms with Crippen LogP contribution in [-0.2, 0) is 28.4 Å². The number of aliphatic hydroxyl groups is 8. The van der Waals surface area contributed by atoms with E-state index in [0.29, 0.717) is 0 Å². The molecule has 3 aliphatic heterocycles. The Morgan fingerprint density at radius 2 is 1.02 bits per heavy atom. The molecular weight excluding hydrogens is 570 g/mol. The molecule has 3 saturated heterocycles. The molecule has 0 radical (unpaired) electrons. The molecule has 0 bridgehead atoms. The zero-order valence-corrected chi connectivity index (χ0v) is 22.7. The summed E-state index contributed by atoms with van der Waals surface area (Å²) in [6.07, 6.45) is -20.1. The van der Waals surface area contributed by atoms with E-state index in [2.05, 4.69) is 0 Å². The molecule has 42 heavy (non-hydrogen) atoms. The Morgan fingerprint density at radius 3 is 1.57 bits per heavy atom. The smallest absolute Gasteiger partial charge is 0.187 e. The van der Waals surface area contributed by atoms with Crippen LogP contribution in [0.1, 0.15) is 6.42 Å². The SMILES string of the molecule is NC[C@@H]1O[C@H](OC2[C@@H](O)[C@H](O[C@@H]3[C@H](N)[C@@H](O)C[C@H](N)[C@H]3O[C@H]3O[C@H](CO)[C@@H](O)[C@H](O)[C@H]3N)O[C@@H]2CO)[C@H](N)[C@@H](O)[C@@H]1O. The van der Waals surface area contributed by atoms with Crippen molar-refractivity contribution >= 4 is 0 Å². The van der Waals surface area contributed by atoms with Crippen molar-refractivity contribution in [3.8, 4) is 0 Å². The maximum Gasteiger partial charge on any atom is 0.187 e. The molecule has 19 heteroatoms. The first-order chi connectivity index (χ1) is 19.8. The Morgan fingerprint density at radius 1 is 0.548 bits per heavy atom. The third-order valence-electron chi connectivity index (χ3n) is 8.34. The highest BCUT2D eigenvalue weighted by Crippen LogP contribution is 2.34. The summed E-state index contributed by atoms with van der Waals surface area (Å²) in [5, 5.41) is 81.9. The van der Waals surface area contributed by atoms with Crippen LogP contribution in [0.5, 0.6) is 0 Å². The zero-order chi connectivity index (χ0) is 31.0. The molecule has 18 N–H and O–H groups in total. The van der Waals surface area contributed by atoms with Gasteiger partial charge in [0.25, 0.3) is 0 Å². The van der Waals surface area contributed by atoms with Crippen molar-refractivity contribution < 1.29 is 69.3 Å². The molecule has 1 unspecified atom stereocenters. The van der Waals surface area contributed by atoms with Crippen molar-refractivity contribution in [1.82, 2.24) is 0 Å². The second-order valence-corrected chi connectivity index (χ2v) is 11.2. The van der Waals surface area contributed by atoms with Gasteiger partial charge in [-0.25, -0.2) is 0 Å². The Kier molecular flexibility index (Phi) is 11.5. The molecule has 0 aromatic rings. The van der Waals surface area contributed by atoms with Gasteiger partial charge in [0.2, 0.25) is 0 Å². The van der Waals surface area contributed by atoms with Gasteiger partial charge in [0, 0.05) is 12.6 Å². The second kappa shape index (κ2) is 14.1. The number of hydrogen-bond acceptors (Lipinski definition) is 19. The Labute approximate surface area is 240 Å². The molecule has 0 aromatic carbocycles. The van der Waals surface area contributed by atoms with E-state index in [-0.39, 0.29) is 13.0 Å². The fraction of sp³-hybridized carbons (Fsp3) is 1.00. The number of rotatable bonds is 9. The number of aliphatic hydroxyl groups excluding tert-OH is 8. The minimum Gasteiger partial charge on any atom is -0.394 e. The fourth-order valence-corrected chi connectivity index (χ4v) is 5.69. The van der Waals surface area contributed by atoms with Crippen LogP contribution in [0.2, 0.25) is 0 Å². The van der Waals surface area contributed by atoms with Crippen molar-refractivity contribution in [3.05, 3.63) is 0 Å². The topological polar surface area (TPSA) is 347 Å². The highest BCUT2D eigenvalue weighted by Gasteiger charge is 2.54. The first-order valence-corrected chi connectivity index (χ1v) is 13.8. The number of nitrogens with two attached hydrogens (primary N) is 5. The third-order valence-corrected chi connectivity index (χ3v) is 8.34. The van der Waals surface area contributed by atoms with Crippen molar-refractivity contribution in [1.29, 1.82) is 0 Å². The average molecular weight is 616 g/mol. The van der Waals surface area contributed by atoms with Crippen LogP contribution >= 0.6 is 0 Å². The van der Waals surface area contributed by atoms with E-state index in [1.54, 1.807) is 0 Å². The lowest BCUT2D eigenvalue weighted by molar-refractivity contribution is -0.306. The van der Waals surface area contributed by atoms with Crippen molar-refractivity contribution in [3.63, 3.8) is 0 Å². The molecule has 0 amide bonds. The summed E-state index contributed by atoms with van der Waals surface area (Å²) in [7, 11) is 0. The molecule has 4 aliphatic rings. The third kappa shape index (κ3) is 6.60. The van der Waals surface area contributed by atoms with Gasteiger partial charge < -0.3 is 97.9 Å². The van der Waals surface area contributed by atoms with E-state index in [1.807, 2.05) is 0 Å². The van der Waals surface area contributed by atoms with Crippen molar-refractivity contribution in [2.75, 3.05) is 19.8 Å². The van der Waals surface area contributed by atoms with E-state index < -0.39 is 129 Å². The fourth-order valence-electron chi connectivity index (χ4n) is 5.69.